The van der Waals surface area contributed by atoms with E-state index < -0.39 is 0 Å². The van der Waals surface area contributed by atoms with E-state index in [0.717, 1.165) is 16.6 Å². The number of Topliss-reactive ketones (excluding diaryl/α,β-unsaturated/α-hetero) is 1. The number of anilines is 1. The van der Waals surface area contributed by atoms with Gasteiger partial charge in [0, 0.05) is 18.4 Å². The smallest absolute Gasteiger partial charge is 0.226 e. The second-order valence-electron chi connectivity index (χ2n) is 5.65. The van der Waals surface area contributed by atoms with Gasteiger partial charge in [0.2, 0.25) is 11.9 Å². The number of amides is 1. The summed E-state index contributed by atoms with van der Waals surface area (Å²) < 4.78 is 0. The summed E-state index contributed by atoms with van der Waals surface area (Å²) in [6.45, 7) is 0. The Morgan fingerprint density at radius 2 is 1.62 bits per heavy atom. The number of hydrogen-bond acceptors (Lipinski definition) is 3. The Hall–Kier alpha value is -2.95. The molecule has 0 radical (unpaired) electrons. The van der Waals surface area contributed by atoms with Crippen molar-refractivity contribution >= 4 is 28.7 Å². The highest BCUT2D eigenvalue weighted by Gasteiger charge is 2.08. The largest absolute Gasteiger partial charge is 0.324 e. The van der Waals surface area contributed by atoms with Gasteiger partial charge >= 0.3 is 0 Å². The molecule has 5 nitrogen and oxygen atoms in total. The van der Waals surface area contributed by atoms with E-state index in [1.165, 1.54) is 0 Å². The van der Waals surface area contributed by atoms with Gasteiger partial charge in [-0.3, -0.25) is 14.9 Å². The van der Waals surface area contributed by atoms with Crippen LogP contribution in [0.15, 0.2) is 54.6 Å². The van der Waals surface area contributed by atoms with Crippen LogP contribution in [0.1, 0.15) is 36.0 Å². The standard InChI is InChI=1S/C19H19N3O2/c23-17(14-8-2-1-3-9-14)12-6-7-13-18(24)22-19-20-15-10-4-5-11-16(15)21-19/h1-5,8-11H,6-7,12-13H2,(H2,20,21,22,24). The molecule has 1 heterocycles. The lowest BCUT2D eigenvalue weighted by Gasteiger charge is -2.02. The molecule has 2 N–H and O–H groups in total. The van der Waals surface area contributed by atoms with Gasteiger partial charge in [-0.2, -0.15) is 0 Å². The lowest BCUT2D eigenvalue weighted by Crippen LogP contribution is -2.12. The van der Waals surface area contributed by atoms with Crippen LogP contribution < -0.4 is 5.32 Å². The fourth-order valence-electron chi connectivity index (χ4n) is 2.55. The van der Waals surface area contributed by atoms with E-state index in [0.29, 0.717) is 31.6 Å². The molecule has 0 atom stereocenters. The first-order valence-electron chi connectivity index (χ1n) is 8.05. The molecule has 0 fully saturated rings. The number of nitrogens with one attached hydrogen (secondary N) is 2. The van der Waals surface area contributed by atoms with Crippen molar-refractivity contribution in [3.8, 4) is 0 Å². The van der Waals surface area contributed by atoms with Crippen molar-refractivity contribution in [1.29, 1.82) is 0 Å². The summed E-state index contributed by atoms with van der Waals surface area (Å²) in [5.74, 6) is 0.482. The minimum absolute atomic E-state index is 0.0961. The van der Waals surface area contributed by atoms with Gasteiger partial charge in [0.1, 0.15) is 0 Å². The minimum Gasteiger partial charge on any atom is -0.324 e. The molecule has 0 aliphatic heterocycles. The van der Waals surface area contributed by atoms with Gasteiger partial charge in [0.15, 0.2) is 5.78 Å². The third-order valence-corrected chi connectivity index (χ3v) is 3.80. The van der Waals surface area contributed by atoms with Crippen LogP contribution in [0.4, 0.5) is 5.95 Å². The lowest BCUT2D eigenvalue weighted by molar-refractivity contribution is -0.116. The van der Waals surface area contributed by atoms with Crippen LogP contribution >= 0.6 is 0 Å². The Morgan fingerprint density at radius 1 is 0.917 bits per heavy atom. The summed E-state index contributed by atoms with van der Waals surface area (Å²) in [4.78, 5) is 31.3. The maximum absolute atomic E-state index is 12.0. The number of nitrogens with zero attached hydrogens (tertiary/aromatic N) is 1. The molecule has 1 aromatic heterocycles. The van der Waals surface area contributed by atoms with Crippen LogP contribution in [-0.2, 0) is 4.79 Å². The average molecular weight is 321 g/mol. The number of imidazole rings is 1. The maximum atomic E-state index is 12.0. The van der Waals surface area contributed by atoms with Crippen LogP contribution in [-0.4, -0.2) is 21.7 Å². The number of para-hydroxylation sites is 2. The van der Waals surface area contributed by atoms with Crippen molar-refractivity contribution < 1.29 is 9.59 Å². The van der Waals surface area contributed by atoms with E-state index in [4.69, 9.17) is 0 Å². The fourth-order valence-corrected chi connectivity index (χ4v) is 2.55. The number of H-pyrrole nitrogens is 1. The van der Waals surface area contributed by atoms with Crippen LogP contribution in [0.25, 0.3) is 11.0 Å². The van der Waals surface area contributed by atoms with Crippen LogP contribution in [0.5, 0.6) is 0 Å². The summed E-state index contributed by atoms with van der Waals surface area (Å²) in [5.41, 5.74) is 2.44. The lowest BCUT2D eigenvalue weighted by atomic mass is 10.0. The Balaban J connectivity index is 1.42. The van der Waals surface area contributed by atoms with E-state index in [1.807, 2.05) is 54.6 Å². The average Bonchev–Trinajstić information content (AvgIpc) is 3.01. The van der Waals surface area contributed by atoms with Gasteiger partial charge in [-0.25, -0.2) is 4.98 Å². The number of benzene rings is 2. The first kappa shape index (κ1) is 15.9. The zero-order chi connectivity index (χ0) is 16.8. The topological polar surface area (TPSA) is 74.8 Å². The van der Waals surface area contributed by atoms with E-state index in [1.54, 1.807) is 0 Å². The molecule has 3 aromatic rings. The highest BCUT2D eigenvalue weighted by molar-refractivity contribution is 5.96. The van der Waals surface area contributed by atoms with Crippen molar-refractivity contribution in [3.63, 3.8) is 0 Å². The molecular weight excluding hydrogens is 302 g/mol. The third kappa shape index (κ3) is 4.07. The summed E-state index contributed by atoms with van der Waals surface area (Å²) >= 11 is 0. The third-order valence-electron chi connectivity index (χ3n) is 3.80. The van der Waals surface area contributed by atoms with Gasteiger partial charge in [-0.05, 0) is 25.0 Å². The first-order chi connectivity index (χ1) is 11.7. The number of aromatic amines is 1. The van der Waals surface area contributed by atoms with Gasteiger partial charge in [-0.15, -0.1) is 0 Å². The molecule has 0 aliphatic carbocycles. The Morgan fingerprint density at radius 3 is 2.42 bits per heavy atom. The van der Waals surface area contributed by atoms with E-state index in [-0.39, 0.29) is 11.7 Å². The minimum atomic E-state index is -0.0961. The molecule has 0 unspecified atom stereocenters. The second kappa shape index (κ2) is 7.55. The number of hydrogen-bond donors (Lipinski definition) is 2. The molecule has 1 amide bonds. The molecule has 5 heteroatoms. The molecule has 2 aromatic carbocycles. The van der Waals surface area contributed by atoms with Gasteiger partial charge in [-0.1, -0.05) is 42.5 Å². The van der Waals surface area contributed by atoms with E-state index in [2.05, 4.69) is 15.3 Å². The summed E-state index contributed by atoms with van der Waals surface area (Å²) in [7, 11) is 0. The summed E-state index contributed by atoms with van der Waals surface area (Å²) in [6.07, 6.45) is 2.20. The molecule has 3 rings (SSSR count). The predicted molar refractivity (Wildman–Crippen MR) is 94.0 cm³/mol. The number of unbranched alkanes of at least 4 members (excludes halogenated alkanes) is 1. The number of carbonyl (C=O) groups is 2. The zero-order valence-corrected chi connectivity index (χ0v) is 13.3. The van der Waals surface area contributed by atoms with Crippen molar-refractivity contribution in [1.82, 2.24) is 9.97 Å². The second-order valence-corrected chi connectivity index (χ2v) is 5.65. The maximum Gasteiger partial charge on any atom is 0.226 e. The first-order valence-corrected chi connectivity index (χ1v) is 8.05. The SMILES string of the molecule is O=C(CCCCC(=O)c1ccccc1)Nc1nc2ccccc2[nH]1. The number of fused-ring (bicyclic) bond motifs is 1. The fraction of sp³-hybridized carbons (Fsp3) is 0.211. The molecule has 0 spiro atoms. The summed E-state index contributed by atoms with van der Waals surface area (Å²) in [5, 5.41) is 2.76. The highest BCUT2D eigenvalue weighted by atomic mass is 16.1. The van der Waals surface area contributed by atoms with Crippen LogP contribution in [0, 0.1) is 0 Å². The molecular formula is C19H19N3O2. The van der Waals surface area contributed by atoms with Crippen molar-refractivity contribution in [2.24, 2.45) is 0 Å². The van der Waals surface area contributed by atoms with E-state index in [9.17, 15) is 9.59 Å². The molecule has 24 heavy (non-hydrogen) atoms. The number of ketones is 1. The van der Waals surface area contributed by atoms with Crippen molar-refractivity contribution in [2.75, 3.05) is 5.32 Å². The zero-order valence-electron chi connectivity index (χ0n) is 13.3. The Bertz CT molecular complexity index is 807. The van der Waals surface area contributed by atoms with Crippen molar-refractivity contribution in [2.45, 2.75) is 25.7 Å². The molecule has 122 valence electrons. The molecule has 0 saturated heterocycles. The number of rotatable bonds is 7. The van der Waals surface area contributed by atoms with Gasteiger partial charge < -0.3 is 4.98 Å². The van der Waals surface area contributed by atoms with Crippen LogP contribution in [0.3, 0.4) is 0 Å². The highest BCUT2D eigenvalue weighted by Crippen LogP contribution is 2.14. The number of carbonyl (C=O) groups excluding carboxylic acids is 2. The summed E-state index contributed by atoms with van der Waals surface area (Å²) in [6, 6.07) is 16.8. The molecule has 0 aliphatic rings. The Kier molecular flexibility index (Phi) is 5.01. The Labute approximate surface area is 140 Å². The monoisotopic (exact) mass is 321 g/mol. The van der Waals surface area contributed by atoms with Gasteiger partial charge in [0.05, 0.1) is 11.0 Å². The van der Waals surface area contributed by atoms with Crippen LogP contribution in [0.2, 0.25) is 0 Å². The molecule has 0 saturated carbocycles. The van der Waals surface area contributed by atoms with Crippen molar-refractivity contribution in [3.05, 3.63) is 60.2 Å². The molecule has 0 bridgehead atoms. The predicted octanol–water partition coefficient (Wildman–Crippen LogP) is 3.94. The normalized spacial score (nSPS) is 10.7. The van der Waals surface area contributed by atoms with E-state index >= 15 is 0 Å². The van der Waals surface area contributed by atoms with Gasteiger partial charge in [0.25, 0.3) is 0 Å². The number of aromatic nitrogens is 2. The quantitative estimate of drug-likeness (QED) is 0.511.